The highest BCUT2D eigenvalue weighted by atomic mass is 32.2. The van der Waals surface area contributed by atoms with Crippen molar-refractivity contribution in [2.45, 2.75) is 33.1 Å². The number of thiophene rings is 1. The maximum Gasteiger partial charge on any atom is 0.341 e. The number of nitrogens with one attached hydrogen (secondary N) is 1. The van der Waals surface area contributed by atoms with E-state index >= 15 is 0 Å². The van der Waals surface area contributed by atoms with Crippen LogP contribution in [0.1, 0.15) is 41.1 Å². The third kappa shape index (κ3) is 4.71. The number of aliphatic hydroxyl groups excluding tert-OH is 1. The molecule has 128 valence electrons. The van der Waals surface area contributed by atoms with Crippen LogP contribution in [-0.4, -0.2) is 41.7 Å². The first kappa shape index (κ1) is 18.3. The fraction of sp³-hybridized carbons (Fsp3) is 0.625. The zero-order valence-electron chi connectivity index (χ0n) is 13.5. The van der Waals surface area contributed by atoms with Crippen LogP contribution in [0.5, 0.6) is 0 Å². The van der Waals surface area contributed by atoms with Crippen LogP contribution in [0.25, 0.3) is 0 Å². The monoisotopic (exact) mass is 357 g/mol. The van der Waals surface area contributed by atoms with E-state index in [1.54, 1.807) is 6.92 Å². The predicted octanol–water partition coefficient (Wildman–Crippen LogP) is 2.71. The topological polar surface area (TPSA) is 75.6 Å². The fourth-order valence-corrected chi connectivity index (χ4v) is 4.60. The summed E-state index contributed by atoms with van der Waals surface area (Å²) in [5.41, 5.74) is 1.59. The van der Waals surface area contributed by atoms with Crippen LogP contribution < -0.4 is 5.32 Å². The smallest absolute Gasteiger partial charge is 0.341 e. The number of carbonyl (C=O) groups excluding carboxylic acids is 2. The molecule has 1 aliphatic rings. The number of thioether (sulfide) groups is 1. The quantitative estimate of drug-likeness (QED) is 0.580. The van der Waals surface area contributed by atoms with Gasteiger partial charge in [-0.2, -0.15) is 0 Å². The van der Waals surface area contributed by atoms with Crippen LogP contribution in [0.3, 0.4) is 0 Å². The summed E-state index contributed by atoms with van der Waals surface area (Å²) in [4.78, 5) is 25.5. The van der Waals surface area contributed by atoms with Crippen LogP contribution in [-0.2, 0) is 22.4 Å². The van der Waals surface area contributed by atoms with E-state index in [-0.39, 0.29) is 24.2 Å². The van der Waals surface area contributed by atoms with Crippen LogP contribution in [0, 0.1) is 5.92 Å². The molecule has 1 aromatic rings. The second-order valence-electron chi connectivity index (χ2n) is 5.60. The van der Waals surface area contributed by atoms with Crippen LogP contribution >= 0.6 is 23.1 Å². The van der Waals surface area contributed by atoms with E-state index < -0.39 is 0 Å². The standard InChI is InChI=1S/C16H23NO4S2/c1-3-21-16(20)14-11-5-4-10(2)8-12(11)23-15(14)17-13(19)9-22-7-6-18/h10,18H,3-9H2,1-2H3,(H,17,19)/t10-/m0/s1. The van der Waals surface area contributed by atoms with Crippen molar-refractivity contribution in [1.29, 1.82) is 0 Å². The minimum absolute atomic E-state index is 0.0528. The van der Waals surface area contributed by atoms with Gasteiger partial charge in [0.15, 0.2) is 0 Å². The van der Waals surface area contributed by atoms with Crippen molar-refractivity contribution in [2.75, 3.05) is 30.0 Å². The number of anilines is 1. The number of hydrogen-bond donors (Lipinski definition) is 2. The van der Waals surface area contributed by atoms with Crippen LogP contribution in [0.4, 0.5) is 5.00 Å². The Bertz CT molecular complexity index is 571. The number of carbonyl (C=O) groups is 2. The molecule has 1 heterocycles. The van der Waals surface area contributed by atoms with Gasteiger partial charge in [0, 0.05) is 10.6 Å². The number of rotatable bonds is 7. The minimum atomic E-state index is -0.349. The zero-order valence-corrected chi connectivity index (χ0v) is 15.1. The Morgan fingerprint density at radius 1 is 1.48 bits per heavy atom. The van der Waals surface area contributed by atoms with Gasteiger partial charge in [0.25, 0.3) is 0 Å². The lowest BCUT2D eigenvalue weighted by atomic mass is 9.88. The Kier molecular flexibility index (Phi) is 6.92. The summed E-state index contributed by atoms with van der Waals surface area (Å²) < 4.78 is 5.18. The van der Waals surface area contributed by atoms with Crippen molar-refractivity contribution in [3.8, 4) is 0 Å². The van der Waals surface area contributed by atoms with Crippen molar-refractivity contribution >= 4 is 40.0 Å². The summed E-state index contributed by atoms with van der Waals surface area (Å²) in [7, 11) is 0. The molecule has 0 saturated carbocycles. The van der Waals surface area contributed by atoms with E-state index in [9.17, 15) is 9.59 Å². The Hall–Kier alpha value is -1.05. The number of hydrogen-bond acceptors (Lipinski definition) is 6. The third-order valence-electron chi connectivity index (χ3n) is 3.71. The summed E-state index contributed by atoms with van der Waals surface area (Å²) in [5.74, 6) is 0.886. The molecule has 5 nitrogen and oxygen atoms in total. The molecule has 0 bridgehead atoms. The van der Waals surface area contributed by atoms with Crippen molar-refractivity contribution in [3.05, 3.63) is 16.0 Å². The normalized spacial score (nSPS) is 16.7. The molecular weight excluding hydrogens is 334 g/mol. The maximum atomic E-state index is 12.3. The lowest BCUT2D eigenvalue weighted by Crippen LogP contribution is -2.18. The van der Waals surface area contributed by atoms with Crippen LogP contribution in [0.15, 0.2) is 0 Å². The van der Waals surface area contributed by atoms with Gasteiger partial charge >= 0.3 is 5.97 Å². The maximum absolute atomic E-state index is 12.3. The molecule has 1 aromatic heterocycles. The molecule has 1 aliphatic carbocycles. The van der Waals surface area contributed by atoms with Crippen molar-refractivity contribution in [1.82, 2.24) is 0 Å². The van der Waals surface area contributed by atoms with Gasteiger partial charge in [0.1, 0.15) is 5.00 Å². The molecule has 0 aliphatic heterocycles. The van der Waals surface area contributed by atoms with Gasteiger partial charge in [-0.15, -0.1) is 23.1 Å². The average molecular weight is 357 g/mol. The Morgan fingerprint density at radius 3 is 2.96 bits per heavy atom. The van der Waals surface area contributed by atoms with Crippen LogP contribution in [0.2, 0.25) is 0 Å². The highest BCUT2D eigenvalue weighted by Crippen LogP contribution is 2.40. The second kappa shape index (κ2) is 8.70. The van der Waals surface area contributed by atoms with Gasteiger partial charge < -0.3 is 15.2 Å². The Labute approximate surface area is 144 Å². The molecule has 0 spiro atoms. The predicted molar refractivity (Wildman–Crippen MR) is 94.5 cm³/mol. The van der Waals surface area contributed by atoms with Crippen molar-refractivity contribution in [3.63, 3.8) is 0 Å². The summed E-state index contributed by atoms with van der Waals surface area (Å²) in [5, 5.41) is 12.2. The molecule has 0 aromatic carbocycles. The first-order chi connectivity index (χ1) is 11.1. The average Bonchev–Trinajstić information content (AvgIpc) is 2.84. The number of ether oxygens (including phenoxy) is 1. The highest BCUT2D eigenvalue weighted by molar-refractivity contribution is 7.99. The van der Waals surface area contributed by atoms with E-state index in [0.717, 1.165) is 24.8 Å². The van der Waals surface area contributed by atoms with E-state index in [4.69, 9.17) is 9.84 Å². The molecule has 23 heavy (non-hydrogen) atoms. The third-order valence-corrected chi connectivity index (χ3v) is 5.82. The molecule has 2 N–H and O–H groups in total. The minimum Gasteiger partial charge on any atom is -0.462 e. The number of aliphatic hydroxyl groups is 1. The van der Waals surface area contributed by atoms with E-state index in [0.29, 0.717) is 28.8 Å². The Morgan fingerprint density at radius 2 is 2.26 bits per heavy atom. The summed E-state index contributed by atoms with van der Waals surface area (Å²) in [6, 6.07) is 0. The molecule has 0 fully saturated rings. The fourth-order valence-electron chi connectivity index (χ4n) is 2.65. The van der Waals surface area contributed by atoms with Crippen molar-refractivity contribution < 1.29 is 19.4 Å². The lowest BCUT2D eigenvalue weighted by Gasteiger charge is -2.18. The first-order valence-corrected chi connectivity index (χ1v) is 9.84. The first-order valence-electron chi connectivity index (χ1n) is 7.86. The summed E-state index contributed by atoms with van der Waals surface area (Å²) in [6.07, 6.45) is 2.85. The van der Waals surface area contributed by atoms with E-state index in [1.165, 1.54) is 28.0 Å². The van der Waals surface area contributed by atoms with Gasteiger partial charge in [-0.1, -0.05) is 6.92 Å². The number of amides is 1. The largest absolute Gasteiger partial charge is 0.462 e. The van der Waals surface area contributed by atoms with Gasteiger partial charge in [-0.05, 0) is 37.7 Å². The van der Waals surface area contributed by atoms with E-state index in [2.05, 4.69) is 12.2 Å². The highest BCUT2D eigenvalue weighted by Gasteiger charge is 2.29. The molecule has 7 heteroatoms. The number of esters is 1. The van der Waals surface area contributed by atoms with Gasteiger partial charge in [0.2, 0.25) is 5.91 Å². The molecule has 1 amide bonds. The zero-order chi connectivity index (χ0) is 16.8. The SMILES string of the molecule is CCOC(=O)c1c(NC(=O)CSCCO)sc2c1CC[C@H](C)C2. The molecule has 0 radical (unpaired) electrons. The molecule has 1 atom stereocenters. The van der Waals surface area contributed by atoms with Gasteiger partial charge in [0.05, 0.1) is 24.5 Å². The summed E-state index contributed by atoms with van der Waals surface area (Å²) >= 11 is 2.86. The van der Waals surface area contributed by atoms with E-state index in [1.807, 2.05) is 0 Å². The van der Waals surface area contributed by atoms with Gasteiger partial charge in [-0.25, -0.2) is 4.79 Å². The molecule has 0 unspecified atom stereocenters. The molecule has 0 saturated heterocycles. The summed E-state index contributed by atoms with van der Waals surface area (Å²) in [6.45, 7) is 4.36. The Balaban J connectivity index is 2.20. The second-order valence-corrected chi connectivity index (χ2v) is 7.81. The molecular formula is C16H23NO4S2. The van der Waals surface area contributed by atoms with Crippen molar-refractivity contribution in [2.24, 2.45) is 5.92 Å². The number of fused-ring (bicyclic) bond motifs is 1. The molecule has 2 rings (SSSR count). The van der Waals surface area contributed by atoms with Gasteiger partial charge in [-0.3, -0.25) is 4.79 Å². The lowest BCUT2D eigenvalue weighted by molar-refractivity contribution is -0.113.